The highest BCUT2D eigenvalue weighted by molar-refractivity contribution is 6.08. The van der Waals surface area contributed by atoms with Crippen molar-refractivity contribution in [3.63, 3.8) is 0 Å². The van der Waals surface area contributed by atoms with Crippen molar-refractivity contribution in [2.75, 3.05) is 20.2 Å². The van der Waals surface area contributed by atoms with E-state index in [1.807, 2.05) is 41.3 Å². The molecule has 0 fully saturated rings. The molecular formula is C25H31N3O3. The molecular weight excluding hydrogens is 390 g/mol. The number of ether oxygens (including phenoxy) is 1. The predicted molar refractivity (Wildman–Crippen MR) is 123 cm³/mol. The first kappa shape index (κ1) is 22.5. The van der Waals surface area contributed by atoms with Gasteiger partial charge in [-0.1, -0.05) is 57.0 Å². The maximum Gasteiger partial charge on any atom is 0.242 e. The number of aromatic nitrogens is 2. The monoisotopic (exact) mass is 421 g/mol. The Kier molecular flexibility index (Phi) is 7.82. The lowest BCUT2D eigenvalue weighted by Gasteiger charge is -2.23. The minimum atomic E-state index is -0.197. The molecule has 0 N–H and O–H groups in total. The van der Waals surface area contributed by atoms with Crippen molar-refractivity contribution < 1.29 is 14.3 Å². The third-order valence-electron chi connectivity index (χ3n) is 5.40. The molecule has 0 radical (unpaired) electrons. The van der Waals surface area contributed by atoms with E-state index in [1.165, 1.54) is 0 Å². The summed E-state index contributed by atoms with van der Waals surface area (Å²) in [6, 6.07) is 14.5. The number of hydrogen-bond acceptors (Lipinski definition) is 4. The van der Waals surface area contributed by atoms with Crippen molar-refractivity contribution in [1.82, 2.24) is 14.5 Å². The minimum Gasteiger partial charge on any atom is -0.497 e. The fourth-order valence-corrected chi connectivity index (χ4v) is 3.58. The number of unbranched alkanes of at least 4 members (excludes halogenated alkanes) is 2. The second-order valence-electron chi connectivity index (χ2n) is 7.66. The minimum absolute atomic E-state index is 0.00568. The summed E-state index contributed by atoms with van der Waals surface area (Å²) in [6.45, 7) is 5.77. The number of benzene rings is 2. The number of carbonyl (C=O) groups is 2. The van der Waals surface area contributed by atoms with Gasteiger partial charge in [-0.15, -0.1) is 0 Å². The van der Waals surface area contributed by atoms with Gasteiger partial charge in [0.15, 0.2) is 5.82 Å². The molecule has 1 heterocycles. The van der Waals surface area contributed by atoms with Crippen molar-refractivity contribution >= 4 is 22.7 Å². The van der Waals surface area contributed by atoms with Gasteiger partial charge in [-0.3, -0.25) is 9.59 Å². The van der Waals surface area contributed by atoms with Crippen LogP contribution in [0.2, 0.25) is 0 Å². The summed E-state index contributed by atoms with van der Waals surface area (Å²) in [5.41, 5.74) is 1.94. The van der Waals surface area contributed by atoms with Gasteiger partial charge < -0.3 is 14.2 Å². The molecule has 0 saturated carbocycles. The summed E-state index contributed by atoms with van der Waals surface area (Å²) in [5, 5.41) is 0. The lowest BCUT2D eigenvalue weighted by molar-refractivity contribution is -0.132. The molecule has 1 amide bonds. The summed E-state index contributed by atoms with van der Waals surface area (Å²) in [7, 11) is 1.60. The topological polar surface area (TPSA) is 64.4 Å². The van der Waals surface area contributed by atoms with Crippen molar-refractivity contribution in [3.8, 4) is 5.75 Å². The van der Waals surface area contributed by atoms with Crippen molar-refractivity contribution in [1.29, 1.82) is 0 Å². The Labute approximate surface area is 183 Å². The Morgan fingerprint density at radius 3 is 2.29 bits per heavy atom. The number of nitrogens with zero attached hydrogens (tertiary/aromatic N) is 3. The summed E-state index contributed by atoms with van der Waals surface area (Å²) in [5.74, 6) is 0.741. The van der Waals surface area contributed by atoms with Crippen LogP contribution in [-0.4, -0.2) is 46.3 Å². The van der Waals surface area contributed by atoms with Crippen LogP contribution in [0.25, 0.3) is 11.0 Å². The second-order valence-corrected chi connectivity index (χ2v) is 7.66. The maximum atomic E-state index is 13.3. The first-order chi connectivity index (χ1) is 15.1. The fraction of sp³-hybridized carbons (Fsp3) is 0.400. The van der Waals surface area contributed by atoms with Gasteiger partial charge in [0, 0.05) is 24.7 Å². The summed E-state index contributed by atoms with van der Waals surface area (Å²) < 4.78 is 7.11. The molecule has 0 saturated heterocycles. The molecule has 1 aromatic heterocycles. The van der Waals surface area contributed by atoms with Crippen LogP contribution >= 0.6 is 0 Å². The van der Waals surface area contributed by atoms with Gasteiger partial charge in [0.05, 0.1) is 18.1 Å². The number of amides is 1. The number of carbonyl (C=O) groups excluding carboxylic acids is 2. The van der Waals surface area contributed by atoms with Crippen LogP contribution in [-0.2, 0) is 11.3 Å². The van der Waals surface area contributed by atoms with Gasteiger partial charge in [0.2, 0.25) is 11.7 Å². The number of imidazole rings is 1. The molecule has 0 aliphatic heterocycles. The molecule has 164 valence electrons. The Bertz CT molecular complexity index is 1020. The third kappa shape index (κ3) is 5.32. The van der Waals surface area contributed by atoms with Crippen LogP contribution in [0.4, 0.5) is 0 Å². The number of methoxy groups -OCH3 is 1. The molecule has 6 heteroatoms. The van der Waals surface area contributed by atoms with Crippen LogP contribution in [0.15, 0.2) is 48.5 Å². The highest BCUT2D eigenvalue weighted by Crippen LogP contribution is 2.24. The predicted octanol–water partition coefficient (Wildman–Crippen LogP) is 4.70. The molecule has 0 spiro atoms. The van der Waals surface area contributed by atoms with E-state index >= 15 is 0 Å². The molecule has 0 unspecified atom stereocenters. The Morgan fingerprint density at radius 1 is 1.00 bits per heavy atom. The van der Waals surface area contributed by atoms with E-state index in [0.717, 1.165) is 44.3 Å². The lowest BCUT2D eigenvalue weighted by Crippen LogP contribution is -2.36. The van der Waals surface area contributed by atoms with Gasteiger partial charge in [-0.05, 0) is 25.0 Å². The Morgan fingerprint density at radius 2 is 1.68 bits per heavy atom. The second kappa shape index (κ2) is 10.8. The van der Waals surface area contributed by atoms with E-state index in [2.05, 4.69) is 18.8 Å². The zero-order chi connectivity index (χ0) is 22.2. The molecule has 3 rings (SSSR count). The molecule has 3 aromatic rings. The Balaban J connectivity index is 2.01. The van der Waals surface area contributed by atoms with Crippen LogP contribution < -0.4 is 4.74 Å². The standard InChI is InChI=1S/C25H31N3O3/c1-4-6-15-27(16-7-5-2)23(29)18-28-22-17-20(31-3)13-14-21(22)26-25(28)24(30)19-11-9-8-10-12-19/h8-14,17H,4-7,15-16,18H2,1-3H3. The Hall–Kier alpha value is -3.15. The van der Waals surface area contributed by atoms with Gasteiger partial charge in [0.25, 0.3) is 0 Å². The fourth-order valence-electron chi connectivity index (χ4n) is 3.58. The van der Waals surface area contributed by atoms with Gasteiger partial charge in [-0.2, -0.15) is 0 Å². The van der Waals surface area contributed by atoms with Crippen LogP contribution in [0.5, 0.6) is 5.75 Å². The smallest absolute Gasteiger partial charge is 0.242 e. The molecule has 0 aliphatic carbocycles. The first-order valence-corrected chi connectivity index (χ1v) is 11.0. The number of fused-ring (bicyclic) bond motifs is 1. The SMILES string of the molecule is CCCCN(CCCC)C(=O)Cn1c(C(=O)c2ccccc2)nc2ccc(OC)cc21. The molecule has 0 bridgehead atoms. The van der Waals surface area contributed by atoms with Gasteiger partial charge in [-0.25, -0.2) is 4.98 Å². The first-order valence-electron chi connectivity index (χ1n) is 11.0. The molecule has 6 nitrogen and oxygen atoms in total. The van der Waals surface area contributed by atoms with Crippen molar-refractivity contribution in [2.45, 2.75) is 46.1 Å². The largest absolute Gasteiger partial charge is 0.497 e. The van der Waals surface area contributed by atoms with Crippen LogP contribution in [0.1, 0.15) is 55.7 Å². The molecule has 0 atom stereocenters. The number of ketones is 1. The van der Waals surface area contributed by atoms with E-state index in [1.54, 1.807) is 23.8 Å². The van der Waals surface area contributed by atoms with E-state index in [0.29, 0.717) is 16.8 Å². The normalized spacial score (nSPS) is 10.9. The van der Waals surface area contributed by atoms with E-state index in [9.17, 15) is 9.59 Å². The van der Waals surface area contributed by atoms with Crippen LogP contribution in [0, 0.1) is 0 Å². The van der Waals surface area contributed by atoms with E-state index in [-0.39, 0.29) is 24.1 Å². The molecule has 31 heavy (non-hydrogen) atoms. The average molecular weight is 422 g/mol. The van der Waals surface area contributed by atoms with E-state index < -0.39 is 0 Å². The average Bonchev–Trinajstić information content (AvgIpc) is 3.16. The summed E-state index contributed by atoms with van der Waals surface area (Å²) in [6.07, 6.45) is 3.98. The van der Waals surface area contributed by atoms with Crippen LogP contribution in [0.3, 0.4) is 0 Å². The number of rotatable bonds is 11. The highest BCUT2D eigenvalue weighted by atomic mass is 16.5. The highest BCUT2D eigenvalue weighted by Gasteiger charge is 2.23. The zero-order valence-corrected chi connectivity index (χ0v) is 18.6. The quantitative estimate of drug-likeness (QED) is 0.421. The molecule has 0 aliphatic rings. The zero-order valence-electron chi connectivity index (χ0n) is 18.6. The summed E-state index contributed by atoms with van der Waals surface area (Å²) in [4.78, 5) is 33.0. The molecule has 2 aromatic carbocycles. The van der Waals surface area contributed by atoms with Gasteiger partial charge in [0.1, 0.15) is 12.3 Å². The van der Waals surface area contributed by atoms with Crippen molar-refractivity contribution in [3.05, 3.63) is 59.9 Å². The lowest BCUT2D eigenvalue weighted by atomic mass is 10.1. The maximum absolute atomic E-state index is 13.3. The van der Waals surface area contributed by atoms with Crippen molar-refractivity contribution in [2.24, 2.45) is 0 Å². The van der Waals surface area contributed by atoms with E-state index in [4.69, 9.17) is 4.74 Å². The van der Waals surface area contributed by atoms with Gasteiger partial charge >= 0.3 is 0 Å². The third-order valence-corrected chi connectivity index (χ3v) is 5.40. The number of hydrogen-bond donors (Lipinski definition) is 0. The summed E-state index contributed by atoms with van der Waals surface area (Å²) >= 11 is 0.